The van der Waals surface area contributed by atoms with Crippen LogP contribution in [0, 0.1) is 5.82 Å². The molecule has 1 aromatic carbocycles. The average molecular weight is 353 g/mol. The van der Waals surface area contributed by atoms with E-state index in [9.17, 15) is 17.6 Å². The summed E-state index contributed by atoms with van der Waals surface area (Å²) in [5.74, 6) is -0.863. The van der Waals surface area contributed by atoms with E-state index in [0.717, 1.165) is 24.3 Å². The Morgan fingerprint density at radius 1 is 1.42 bits per heavy atom. The van der Waals surface area contributed by atoms with Crippen molar-refractivity contribution in [3.8, 4) is 0 Å². The third-order valence-corrected chi connectivity index (χ3v) is 5.44. The van der Waals surface area contributed by atoms with Crippen molar-refractivity contribution >= 4 is 26.7 Å². The highest BCUT2D eigenvalue weighted by Crippen LogP contribution is 2.39. The molecule has 0 fully saturated rings. The topological polar surface area (TPSA) is 76.2 Å². The number of rotatable bonds is 4. The van der Waals surface area contributed by atoms with E-state index >= 15 is 0 Å². The lowest BCUT2D eigenvalue weighted by Crippen LogP contribution is -2.16. The predicted molar refractivity (Wildman–Crippen MR) is 88.0 cm³/mol. The van der Waals surface area contributed by atoms with Gasteiger partial charge in [0.05, 0.1) is 16.1 Å². The first-order valence-electron chi connectivity index (χ1n) is 8.04. The molecule has 0 saturated carbocycles. The zero-order valence-corrected chi connectivity index (χ0v) is 14.5. The Kier molecular flexibility index (Phi) is 4.38. The molecule has 0 bridgehead atoms. The van der Waals surface area contributed by atoms with Gasteiger partial charge < -0.3 is 9.72 Å². The van der Waals surface area contributed by atoms with Crippen molar-refractivity contribution in [2.75, 3.05) is 6.26 Å². The number of benzene rings is 1. The lowest BCUT2D eigenvalue weighted by atomic mass is 9.93. The van der Waals surface area contributed by atoms with Gasteiger partial charge in [-0.05, 0) is 43.4 Å². The zero-order valence-electron chi connectivity index (χ0n) is 13.7. The summed E-state index contributed by atoms with van der Waals surface area (Å²) in [7, 11) is -3.58. The lowest BCUT2D eigenvalue weighted by Gasteiger charge is -2.22. The molecule has 1 heterocycles. The van der Waals surface area contributed by atoms with E-state index in [1.165, 1.54) is 6.07 Å². The van der Waals surface area contributed by atoms with E-state index in [2.05, 4.69) is 4.98 Å². The molecule has 24 heavy (non-hydrogen) atoms. The number of aromatic amines is 1. The number of halogens is 1. The molecule has 1 aliphatic rings. The van der Waals surface area contributed by atoms with Gasteiger partial charge in [0.2, 0.25) is 0 Å². The Balaban J connectivity index is 2.14. The number of hydrogen-bond donors (Lipinski definition) is 1. The van der Waals surface area contributed by atoms with Gasteiger partial charge in [-0.1, -0.05) is 6.92 Å². The molecular formula is C17H20FNO4S. The molecule has 0 radical (unpaired) electrons. The summed E-state index contributed by atoms with van der Waals surface area (Å²) >= 11 is 0. The molecule has 3 rings (SSSR count). The number of esters is 1. The van der Waals surface area contributed by atoms with Gasteiger partial charge in [0, 0.05) is 18.1 Å². The largest absolute Gasteiger partial charge is 0.456 e. The fourth-order valence-corrected chi connectivity index (χ4v) is 4.15. The number of carbonyl (C=O) groups is 1. The van der Waals surface area contributed by atoms with E-state index in [4.69, 9.17) is 4.74 Å². The van der Waals surface area contributed by atoms with Crippen molar-refractivity contribution in [1.29, 1.82) is 0 Å². The van der Waals surface area contributed by atoms with Crippen LogP contribution in [0.2, 0.25) is 0 Å². The highest BCUT2D eigenvalue weighted by atomic mass is 32.2. The zero-order chi connectivity index (χ0) is 17.5. The minimum absolute atomic E-state index is 0.0643. The Morgan fingerprint density at radius 3 is 2.83 bits per heavy atom. The molecule has 5 nitrogen and oxygen atoms in total. The van der Waals surface area contributed by atoms with Crippen LogP contribution in [0.15, 0.2) is 17.0 Å². The van der Waals surface area contributed by atoms with Crippen molar-refractivity contribution in [3.63, 3.8) is 0 Å². The molecule has 0 aliphatic heterocycles. The van der Waals surface area contributed by atoms with Gasteiger partial charge in [0.1, 0.15) is 11.9 Å². The molecule has 7 heteroatoms. The number of aryl methyl sites for hydroxylation is 1. The predicted octanol–water partition coefficient (Wildman–Crippen LogP) is 3.43. The van der Waals surface area contributed by atoms with Gasteiger partial charge in [-0.2, -0.15) is 0 Å². The number of nitrogens with one attached hydrogen (secondary N) is 1. The summed E-state index contributed by atoms with van der Waals surface area (Å²) in [4.78, 5) is 14.9. The lowest BCUT2D eigenvalue weighted by molar-refractivity contribution is -0.150. The fraction of sp³-hybridized carbons (Fsp3) is 0.471. The van der Waals surface area contributed by atoms with Crippen LogP contribution in [0.5, 0.6) is 0 Å². The van der Waals surface area contributed by atoms with Crippen molar-refractivity contribution in [3.05, 3.63) is 29.2 Å². The fourth-order valence-electron chi connectivity index (χ4n) is 3.29. The minimum atomic E-state index is -3.58. The van der Waals surface area contributed by atoms with Crippen LogP contribution in [0.25, 0.3) is 10.9 Å². The molecule has 130 valence electrons. The molecule has 0 spiro atoms. The third kappa shape index (κ3) is 3.05. The summed E-state index contributed by atoms with van der Waals surface area (Å²) in [5, 5.41) is 0.557. The maximum Gasteiger partial charge on any atom is 0.306 e. The Labute approximate surface area is 140 Å². The van der Waals surface area contributed by atoms with E-state index in [1.54, 1.807) is 0 Å². The van der Waals surface area contributed by atoms with E-state index in [1.807, 2.05) is 6.92 Å². The molecule has 1 unspecified atom stereocenters. The Morgan fingerprint density at radius 2 is 2.17 bits per heavy atom. The monoisotopic (exact) mass is 353 g/mol. The first kappa shape index (κ1) is 17.0. The molecule has 2 aromatic rings. The standard InChI is InChI=1S/C17H20FNO4S/c1-3-5-15(20)23-13-7-4-6-11-12-8-10(18)9-14(24(2,21)22)17(12)19-16(11)13/h8-9,13,19H,3-7H2,1-2H3. The molecule has 1 atom stereocenters. The first-order valence-corrected chi connectivity index (χ1v) is 9.94. The quantitative estimate of drug-likeness (QED) is 0.855. The molecule has 0 amide bonds. The first-order chi connectivity index (χ1) is 11.3. The SMILES string of the molecule is CCCC(=O)OC1CCCc2c1[nH]c1c(S(C)(=O)=O)cc(F)cc21. The Bertz CT molecular complexity index is 901. The minimum Gasteiger partial charge on any atom is -0.456 e. The van der Waals surface area contributed by atoms with E-state index in [0.29, 0.717) is 42.3 Å². The maximum absolute atomic E-state index is 13.9. The van der Waals surface area contributed by atoms with Crippen molar-refractivity contribution in [1.82, 2.24) is 4.98 Å². The van der Waals surface area contributed by atoms with Crippen LogP contribution in [0.4, 0.5) is 4.39 Å². The number of carbonyl (C=O) groups excluding carboxylic acids is 1. The number of fused-ring (bicyclic) bond motifs is 3. The van der Waals surface area contributed by atoms with E-state index in [-0.39, 0.29) is 10.9 Å². The third-order valence-electron chi connectivity index (χ3n) is 4.32. The molecule has 1 aromatic heterocycles. The summed E-state index contributed by atoms with van der Waals surface area (Å²) in [5.41, 5.74) is 1.92. The van der Waals surface area contributed by atoms with Crippen molar-refractivity contribution in [2.24, 2.45) is 0 Å². The molecule has 0 saturated heterocycles. The normalized spacial score (nSPS) is 17.7. The van der Waals surface area contributed by atoms with E-state index < -0.39 is 21.8 Å². The summed E-state index contributed by atoms with van der Waals surface area (Å²) in [6, 6.07) is 2.37. The average Bonchev–Trinajstić information content (AvgIpc) is 2.85. The number of H-pyrrole nitrogens is 1. The van der Waals surface area contributed by atoms with Gasteiger partial charge in [0.25, 0.3) is 0 Å². The van der Waals surface area contributed by atoms with Gasteiger partial charge >= 0.3 is 5.97 Å². The van der Waals surface area contributed by atoms with Crippen LogP contribution < -0.4 is 0 Å². The van der Waals surface area contributed by atoms with Crippen LogP contribution in [-0.4, -0.2) is 25.6 Å². The van der Waals surface area contributed by atoms with Gasteiger partial charge in [-0.3, -0.25) is 4.79 Å². The van der Waals surface area contributed by atoms with Crippen LogP contribution in [-0.2, 0) is 25.8 Å². The second kappa shape index (κ2) is 6.20. The highest BCUT2D eigenvalue weighted by molar-refractivity contribution is 7.91. The number of sulfone groups is 1. The van der Waals surface area contributed by atoms with Crippen LogP contribution >= 0.6 is 0 Å². The smallest absolute Gasteiger partial charge is 0.306 e. The number of aromatic nitrogens is 1. The van der Waals surface area contributed by atoms with Gasteiger partial charge in [-0.15, -0.1) is 0 Å². The second-order valence-electron chi connectivity index (χ2n) is 6.24. The number of ether oxygens (including phenoxy) is 1. The summed E-state index contributed by atoms with van der Waals surface area (Å²) < 4.78 is 43.4. The molecule has 1 aliphatic carbocycles. The summed E-state index contributed by atoms with van der Waals surface area (Å²) in [6.45, 7) is 1.90. The van der Waals surface area contributed by atoms with Crippen LogP contribution in [0.3, 0.4) is 0 Å². The van der Waals surface area contributed by atoms with Gasteiger partial charge in [0.15, 0.2) is 9.84 Å². The molecular weight excluding hydrogens is 333 g/mol. The molecule has 1 N–H and O–H groups in total. The van der Waals surface area contributed by atoms with Crippen molar-refractivity contribution < 1.29 is 22.3 Å². The van der Waals surface area contributed by atoms with Gasteiger partial charge in [-0.25, -0.2) is 12.8 Å². The Hall–Kier alpha value is -1.89. The second-order valence-corrected chi connectivity index (χ2v) is 8.22. The maximum atomic E-state index is 13.9. The highest BCUT2D eigenvalue weighted by Gasteiger charge is 2.29. The summed E-state index contributed by atoms with van der Waals surface area (Å²) in [6.07, 6.45) is 3.84. The number of hydrogen-bond acceptors (Lipinski definition) is 4. The van der Waals surface area contributed by atoms with Crippen LogP contribution in [0.1, 0.15) is 50.0 Å². The van der Waals surface area contributed by atoms with Crippen molar-refractivity contribution in [2.45, 2.75) is 50.0 Å².